The molecule has 5 nitrogen and oxygen atoms in total. The minimum absolute atomic E-state index is 0.237. The van der Waals surface area contributed by atoms with Crippen molar-refractivity contribution in [1.29, 1.82) is 0 Å². The maximum atomic E-state index is 11.2. The number of primary amides is 1. The van der Waals surface area contributed by atoms with Crippen LogP contribution in [0.5, 0.6) is 5.75 Å². The maximum absolute atomic E-state index is 11.2. The molecule has 0 radical (unpaired) electrons. The predicted octanol–water partition coefficient (Wildman–Crippen LogP) is 5.58. The van der Waals surface area contributed by atoms with Crippen LogP contribution in [0.1, 0.15) is 5.56 Å². The molecule has 0 unspecified atom stereocenters. The first-order valence-corrected chi connectivity index (χ1v) is 10.2. The van der Waals surface area contributed by atoms with Gasteiger partial charge in [0.2, 0.25) is 0 Å². The van der Waals surface area contributed by atoms with Crippen LogP contribution in [0.25, 0.3) is 22.4 Å². The van der Waals surface area contributed by atoms with E-state index in [0.29, 0.717) is 44.3 Å². The van der Waals surface area contributed by atoms with E-state index in [9.17, 15) is 4.79 Å². The van der Waals surface area contributed by atoms with Crippen LogP contribution in [0.3, 0.4) is 0 Å². The monoisotopic (exact) mass is 459 g/mol. The number of imidazole rings is 1. The lowest BCUT2D eigenvalue weighted by atomic mass is 10.1. The number of hydrogen-bond acceptors (Lipinski definition) is 3. The minimum atomic E-state index is -0.562. The number of nitrogens with two attached hydrogens (primary N) is 1. The third-order valence-electron chi connectivity index (χ3n) is 4.59. The lowest BCUT2D eigenvalue weighted by molar-refractivity contribution is -0.119. The van der Waals surface area contributed by atoms with E-state index in [1.807, 2.05) is 28.8 Å². The van der Waals surface area contributed by atoms with E-state index in [1.165, 1.54) is 0 Å². The Morgan fingerprint density at radius 2 is 1.73 bits per heavy atom. The highest BCUT2D eigenvalue weighted by molar-refractivity contribution is 6.36. The van der Waals surface area contributed by atoms with Crippen LogP contribution in [0.2, 0.25) is 15.1 Å². The molecule has 30 heavy (non-hydrogen) atoms. The quantitative estimate of drug-likeness (QED) is 0.408. The van der Waals surface area contributed by atoms with Crippen molar-refractivity contribution in [2.24, 2.45) is 5.73 Å². The van der Waals surface area contributed by atoms with Gasteiger partial charge in [0.25, 0.3) is 5.91 Å². The third-order valence-corrected chi connectivity index (χ3v) is 5.53. The smallest absolute Gasteiger partial charge is 0.255 e. The molecule has 0 aliphatic rings. The van der Waals surface area contributed by atoms with Crippen LogP contribution >= 0.6 is 34.8 Å². The number of ether oxygens (including phenoxy) is 1. The van der Waals surface area contributed by atoms with E-state index < -0.39 is 5.91 Å². The fourth-order valence-electron chi connectivity index (χ4n) is 3.24. The summed E-state index contributed by atoms with van der Waals surface area (Å²) in [5.41, 5.74) is 8.29. The summed E-state index contributed by atoms with van der Waals surface area (Å²) in [7, 11) is 0. The first-order chi connectivity index (χ1) is 14.4. The van der Waals surface area contributed by atoms with Crippen molar-refractivity contribution >= 4 is 51.7 Å². The number of benzene rings is 3. The Morgan fingerprint density at radius 3 is 2.47 bits per heavy atom. The van der Waals surface area contributed by atoms with Gasteiger partial charge in [-0.3, -0.25) is 4.79 Å². The minimum Gasteiger partial charge on any atom is -0.483 e. The average molecular weight is 461 g/mol. The maximum Gasteiger partial charge on any atom is 0.255 e. The summed E-state index contributed by atoms with van der Waals surface area (Å²) in [4.78, 5) is 16.0. The lowest BCUT2D eigenvalue weighted by Crippen LogP contribution is -2.20. The molecule has 4 aromatic rings. The first-order valence-electron chi connectivity index (χ1n) is 9.03. The van der Waals surface area contributed by atoms with Gasteiger partial charge in [0.15, 0.2) is 6.61 Å². The summed E-state index contributed by atoms with van der Waals surface area (Å²) < 4.78 is 7.61. The van der Waals surface area contributed by atoms with Crippen molar-refractivity contribution in [3.05, 3.63) is 81.3 Å². The second-order valence-electron chi connectivity index (χ2n) is 6.61. The van der Waals surface area contributed by atoms with Crippen molar-refractivity contribution in [2.45, 2.75) is 6.54 Å². The van der Waals surface area contributed by atoms with Gasteiger partial charge in [0.05, 0.1) is 23.1 Å². The largest absolute Gasteiger partial charge is 0.483 e. The first kappa shape index (κ1) is 20.5. The standard InChI is InChI=1S/C22H16Cl3N3O2/c23-13-8-9-19-18(10-13)27-22(14-4-1-2-7-20(14)30-12-21(26)29)28(19)11-15-16(24)5-3-6-17(15)25/h1-10H,11-12H2,(H2,26,29). The zero-order valence-corrected chi connectivity index (χ0v) is 17.9. The van der Waals surface area contributed by atoms with Crippen LogP contribution in [0.15, 0.2) is 60.7 Å². The zero-order valence-electron chi connectivity index (χ0n) is 15.6. The fraction of sp³-hybridized carbons (Fsp3) is 0.0909. The molecular formula is C22H16Cl3N3O2. The number of hydrogen-bond donors (Lipinski definition) is 1. The van der Waals surface area contributed by atoms with E-state index in [2.05, 4.69) is 0 Å². The molecule has 152 valence electrons. The Labute approximate surface area is 187 Å². The lowest BCUT2D eigenvalue weighted by Gasteiger charge is -2.14. The second kappa shape index (κ2) is 8.56. The van der Waals surface area contributed by atoms with Crippen molar-refractivity contribution in [1.82, 2.24) is 9.55 Å². The van der Waals surface area contributed by atoms with Crippen molar-refractivity contribution in [3.63, 3.8) is 0 Å². The molecule has 0 saturated heterocycles. The summed E-state index contributed by atoms with van der Waals surface area (Å²) in [6.07, 6.45) is 0. The number of para-hydroxylation sites is 1. The van der Waals surface area contributed by atoms with Crippen LogP contribution in [0, 0.1) is 0 Å². The molecule has 2 N–H and O–H groups in total. The Hall–Kier alpha value is -2.73. The summed E-state index contributed by atoms with van der Waals surface area (Å²) in [6.45, 7) is 0.148. The van der Waals surface area contributed by atoms with E-state index in [0.717, 1.165) is 11.1 Å². The number of amides is 1. The zero-order chi connectivity index (χ0) is 21.3. The number of halogens is 3. The van der Waals surface area contributed by atoms with Gasteiger partial charge >= 0.3 is 0 Å². The second-order valence-corrected chi connectivity index (χ2v) is 7.86. The van der Waals surface area contributed by atoms with Gasteiger partial charge in [0.1, 0.15) is 11.6 Å². The summed E-state index contributed by atoms with van der Waals surface area (Å²) in [5, 5.41) is 1.69. The highest BCUT2D eigenvalue weighted by Gasteiger charge is 2.19. The van der Waals surface area contributed by atoms with Gasteiger partial charge in [-0.15, -0.1) is 0 Å². The third kappa shape index (κ3) is 4.10. The van der Waals surface area contributed by atoms with Gasteiger partial charge in [0, 0.05) is 20.6 Å². The van der Waals surface area contributed by atoms with E-state index >= 15 is 0 Å². The number of rotatable bonds is 6. The molecule has 1 heterocycles. The van der Waals surface area contributed by atoms with Gasteiger partial charge in [-0.05, 0) is 42.5 Å². The number of aromatic nitrogens is 2. The number of fused-ring (bicyclic) bond motifs is 1. The van der Waals surface area contributed by atoms with E-state index in [4.69, 9.17) is 50.3 Å². The molecule has 1 amide bonds. The molecule has 0 aliphatic carbocycles. The Morgan fingerprint density at radius 1 is 1.00 bits per heavy atom. The van der Waals surface area contributed by atoms with Crippen molar-refractivity contribution in [3.8, 4) is 17.1 Å². The molecule has 0 aliphatic heterocycles. The molecule has 4 rings (SSSR count). The van der Waals surface area contributed by atoms with Crippen LogP contribution < -0.4 is 10.5 Å². The van der Waals surface area contributed by atoms with Crippen LogP contribution in [-0.4, -0.2) is 22.1 Å². The number of nitrogens with zero attached hydrogens (tertiary/aromatic N) is 2. The van der Waals surface area contributed by atoms with Gasteiger partial charge in [-0.2, -0.15) is 0 Å². The van der Waals surface area contributed by atoms with Gasteiger partial charge in [-0.25, -0.2) is 4.98 Å². The highest BCUT2D eigenvalue weighted by atomic mass is 35.5. The summed E-state index contributed by atoms with van der Waals surface area (Å²) in [6, 6.07) is 18.2. The average Bonchev–Trinajstić information content (AvgIpc) is 3.06. The highest BCUT2D eigenvalue weighted by Crippen LogP contribution is 2.35. The fourth-order valence-corrected chi connectivity index (χ4v) is 3.92. The predicted molar refractivity (Wildman–Crippen MR) is 120 cm³/mol. The van der Waals surface area contributed by atoms with Crippen molar-refractivity contribution in [2.75, 3.05) is 6.61 Å². The Kier molecular flexibility index (Phi) is 5.86. The molecule has 0 fully saturated rings. The van der Waals surface area contributed by atoms with Crippen molar-refractivity contribution < 1.29 is 9.53 Å². The molecule has 1 aromatic heterocycles. The summed E-state index contributed by atoms with van der Waals surface area (Å²) >= 11 is 19.0. The summed E-state index contributed by atoms with van der Waals surface area (Å²) in [5.74, 6) is 0.556. The molecular weight excluding hydrogens is 445 g/mol. The SMILES string of the molecule is NC(=O)COc1ccccc1-c1nc2cc(Cl)ccc2n1Cc1c(Cl)cccc1Cl. The normalized spacial score (nSPS) is 11.0. The molecule has 8 heteroatoms. The Balaban J connectivity index is 1.91. The molecule has 0 atom stereocenters. The molecule has 0 saturated carbocycles. The van der Waals surface area contributed by atoms with Crippen LogP contribution in [-0.2, 0) is 11.3 Å². The Bertz CT molecular complexity index is 1230. The molecule has 0 spiro atoms. The van der Waals surface area contributed by atoms with E-state index in [-0.39, 0.29) is 6.61 Å². The van der Waals surface area contributed by atoms with Crippen LogP contribution in [0.4, 0.5) is 0 Å². The molecule has 0 bridgehead atoms. The van der Waals surface area contributed by atoms with Gasteiger partial charge in [-0.1, -0.05) is 53.0 Å². The topological polar surface area (TPSA) is 70.1 Å². The number of carbonyl (C=O) groups is 1. The van der Waals surface area contributed by atoms with E-state index in [1.54, 1.807) is 36.4 Å². The molecule has 3 aromatic carbocycles. The van der Waals surface area contributed by atoms with Gasteiger partial charge < -0.3 is 15.0 Å². The number of carbonyl (C=O) groups excluding carboxylic acids is 1.